The number of hydrogen-bond donors (Lipinski definition) is 2. The predicted octanol–water partition coefficient (Wildman–Crippen LogP) is 1.64. The number of hydrogen-bond acceptors (Lipinski definition) is 4. The summed E-state index contributed by atoms with van der Waals surface area (Å²) >= 11 is 3.48. The molecule has 0 aliphatic carbocycles. The molecule has 0 saturated carbocycles. The number of aliphatic hydroxyl groups excluding tert-OH is 1. The van der Waals surface area contributed by atoms with E-state index in [0.717, 1.165) is 27.1 Å². The summed E-state index contributed by atoms with van der Waals surface area (Å²) in [6, 6.07) is 1.93. The summed E-state index contributed by atoms with van der Waals surface area (Å²) in [5.41, 5.74) is 7.91. The van der Waals surface area contributed by atoms with Crippen LogP contribution in [0.5, 0.6) is 11.5 Å². The average molecular weight is 316 g/mol. The van der Waals surface area contributed by atoms with Gasteiger partial charge in [0.25, 0.3) is 0 Å². The first kappa shape index (κ1) is 13.6. The molecule has 4 nitrogen and oxygen atoms in total. The molecule has 1 aliphatic heterocycles. The lowest BCUT2D eigenvalue weighted by Gasteiger charge is -2.27. The number of ether oxygens (including phenoxy) is 2. The van der Waals surface area contributed by atoms with Crippen LogP contribution in [0, 0.1) is 0 Å². The zero-order valence-electron chi connectivity index (χ0n) is 10.6. The molecule has 0 aromatic heterocycles. The van der Waals surface area contributed by atoms with Crippen molar-refractivity contribution in [2.24, 2.45) is 5.73 Å². The van der Waals surface area contributed by atoms with E-state index in [1.807, 2.05) is 13.0 Å². The fraction of sp³-hybridized carbons (Fsp3) is 0.538. The third kappa shape index (κ3) is 2.63. The maximum atomic E-state index is 9.76. The maximum Gasteiger partial charge on any atom is 0.137 e. The van der Waals surface area contributed by atoms with Gasteiger partial charge in [-0.25, -0.2) is 0 Å². The summed E-state index contributed by atoms with van der Waals surface area (Å²) in [7, 11) is 1.64. The van der Waals surface area contributed by atoms with E-state index in [-0.39, 0.29) is 6.04 Å². The van der Waals surface area contributed by atoms with E-state index < -0.39 is 6.10 Å². The second-order valence-electron chi connectivity index (χ2n) is 4.70. The molecule has 2 unspecified atom stereocenters. The molecule has 100 valence electrons. The molecular weight excluding hydrogens is 298 g/mol. The van der Waals surface area contributed by atoms with Crippen LogP contribution in [0.15, 0.2) is 10.5 Å². The lowest BCUT2D eigenvalue weighted by atomic mass is 9.94. The van der Waals surface area contributed by atoms with E-state index in [9.17, 15) is 5.11 Å². The lowest BCUT2D eigenvalue weighted by Crippen LogP contribution is -2.28. The monoisotopic (exact) mass is 315 g/mol. The van der Waals surface area contributed by atoms with Gasteiger partial charge in [0.2, 0.25) is 0 Å². The van der Waals surface area contributed by atoms with Crippen molar-refractivity contribution < 1.29 is 14.6 Å². The number of methoxy groups -OCH3 is 1. The second-order valence-corrected chi connectivity index (χ2v) is 5.55. The Balaban J connectivity index is 2.53. The van der Waals surface area contributed by atoms with Gasteiger partial charge in [0.05, 0.1) is 17.7 Å². The van der Waals surface area contributed by atoms with Crippen molar-refractivity contribution in [2.45, 2.75) is 31.9 Å². The highest BCUT2D eigenvalue weighted by molar-refractivity contribution is 9.10. The van der Waals surface area contributed by atoms with E-state index >= 15 is 0 Å². The normalized spacial score (nSPS) is 19.9. The SMILES string of the molecule is COc1cc(Br)c2c(c1CC(C)N)CC(O)CO2. The minimum absolute atomic E-state index is 0.0308. The molecule has 0 saturated heterocycles. The lowest BCUT2D eigenvalue weighted by molar-refractivity contribution is 0.0909. The molecule has 2 atom stereocenters. The topological polar surface area (TPSA) is 64.7 Å². The van der Waals surface area contributed by atoms with Crippen LogP contribution in [0.25, 0.3) is 0 Å². The Bertz CT molecular complexity index is 448. The number of halogens is 1. The minimum Gasteiger partial charge on any atom is -0.496 e. The molecule has 0 fully saturated rings. The van der Waals surface area contributed by atoms with E-state index in [4.69, 9.17) is 15.2 Å². The highest BCUT2D eigenvalue weighted by atomic mass is 79.9. The molecule has 3 N–H and O–H groups in total. The van der Waals surface area contributed by atoms with Gasteiger partial charge in [0, 0.05) is 23.6 Å². The number of fused-ring (bicyclic) bond motifs is 1. The van der Waals surface area contributed by atoms with Crippen molar-refractivity contribution in [1.29, 1.82) is 0 Å². The van der Waals surface area contributed by atoms with E-state index in [0.29, 0.717) is 19.4 Å². The fourth-order valence-corrected chi connectivity index (χ4v) is 2.83. The number of aliphatic hydroxyl groups is 1. The fourth-order valence-electron chi connectivity index (χ4n) is 2.27. The molecule has 18 heavy (non-hydrogen) atoms. The van der Waals surface area contributed by atoms with E-state index in [2.05, 4.69) is 15.9 Å². The van der Waals surface area contributed by atoms with Crippen LogP contribution in [0.4, 0.5) is 0 Å². The van der Waals surface area contributed by atoms with E-state index in [1.54, 1.807) is 7.11 Å². The van der Waals surface area contributed by atoms with Gasteiger partial charge in [-0.3, -0.25) is 0 Å². The standard InChI is InChI=1S/C13H18BrNO3/c1-7(15)3-9-10-4-8(16)6-18-13(10)11(14)5-12(9)17-2/h5,7-8,16H,3-4,6,15H2,1-2H3. The molecule has 1 aromatic carbocycles. The number of benzene rings is 1. The molecule has 0 spiro atoms. The Hall–Kier alpha value is -0.780. The smallest absolute Gasteiger partial charge is 0.137 e. The van der Waals surface area contributed by atoms with Crippen molar-refractivity contribution >= 4 is 15.9 Å². The van der Waals surface area contributed by atoms with Crippen LogP contribution in [-0.2, 0) is 12.8 Å². The van der Waals surface area contributed by atoms with Gasteiger partial charge >= 0.3 is 0 Å². The third-order valence-corrected chi connectivity index (χ3v) is 3.61. The van der Waals surface area contributed by atoms with Crippen LogP contribution in [0.1, 0.15) is 18.1 Å². The minimum atomic E-state index is -0.469. The molecule has 0 radical (unpaired) electrons. The van der Waals surface area contributed by atoms with Gasteiger partial charge in [-0.15, -0.1) is 0 Å². The van der Waals surface area contributed by atoms with Gasteiger partial charge < -0.3 is 20.3 Å². The molecule has 2 rings (SSSR count). The van der Waals surface area contributed by atoms with Gasteiger partial charge in [-0.2, -0.15) is 0 Å². The van der Waals surface area contributed by atoms with Gasteiger partial charge in [-0.1, -0.05) is 0 Å². The van der Waals surface area contributed by atoms with Crippen LogP contribution in [-0.4, -0.2) is 31.0 Å². The van der Waals surface area contributed by atoms with Crippen molar-refractivity contribution in [3.8, 4) is 11.5 Å². The Labute approximate surface area is 115 Å². The zero-order valence-corrected chi connectivity index (χ0v) is 12.2. The molecule has 5 heteroatoms. The first-order chi connectivity index (χ1) is 8.52. The molecule has 1 aromatic rings. The Morgan fingerprint density at radius 3 is 3.00 bits per heavy atom. The number of nitrogens with two attached hydrogens (primary N) is 1. The Kier molecular flexibility index (Phi) is 4.14. The van der Waals surface area contributed by atoms with Crippen molar-refractivity contribution in [3.05, 3.63) is 21.7 Å². The maximum absolute atomic E-state index is 9.76. The number of rotatable bonds is 3. The highest BCUT2D eigenvalue weighted by Gasteiger charge is 2.26. The first-order valence-corrected chi connectivity index (χ1v) is 6.77. The first-order valence-electron chi connectivity index (χ1n) is 5.97. The summed E-state index contributed by atoms with van der Waals surface area (Å²) in [5, 5.41) is 9.76. The van der Waals surface area contributed by atoms with Crippen molar-refractivity contribution in [2.75, 3.05) is 13.7 Å². The summed E-state index contributed by atoms with van der Waals surface area (Å²) < 4.78 is 11.9. The quantitative estimate of drug-likeness (QED) is 0.890. The van der Waals surface area contributed by atoms with Gasteiger partial charge in [-0.05, 0) is 35.3 Å². The Morgan fingerprint density at radius 1 is 1.67 bits per heavy atom. The predicted molar refractivity (Wildman–Crippen MR) is 73.3 cm³/mol. The largest absolute Gasteiger partial charge is 0.496 e. The molecule has 1 heterocycles. The Morgan fingerprint density at radius 2 is 2.39 bits per heavy atom. The van der Waals surface area contributed by atoms with Gasteiger partial charge in [0.1, 0.15) is 18.1 Å². The molecule has 0 amide bonds. The molecular formula is C13H18BrNO3. The highest BCUT2D eigenvalue weighted by Crippen LogP contribution is 2.41. The summed E-state index contributed by atoms with van der Waals surface area (Å²) in [5.74, 6) is 1.59. The average Bonchev–Trinajstić information content (AvgIpc) is 2.31. The summed E-state index contributed by atoms with van der Waals surface area (Å²) in [6.07, 6.45) is 0.811. The summed E-state index contributed by atoms with van der Waals surface area (Å²) in [6.45, 7) is 2.28. The van der Waals surface area contributed by atoms with E-state index in [1.165, 1.54) is 0 Å². The van der Waals surface area contributed by atoms with Gasteiger partial charge in [0.15, 0.2) is 0 Å². The summed E-state index contributed by atoms with van der Waals surface area (Å²) in [4.78, 5) is 0. The third-order valence-electron chi connectivity index (χ3n) is 3.02. The molecule has 0 bridgehead atoms. The van der Waals surface area contributed by atoms with Crippen LogP contribution < -0.4 is 15.2 Å². The zero-order chi connectivity index (χ0) is 13.3. The van der Waals surface area contributed by atoms with Crippen LogP contribution in [0.3, 0.4) is 0 Å². The second kappa shape index (κ2) is 5.47. The molecule has 1 aliphatic rings. The van der Waals surface area contributed by atoms with Crippen LogP contribution >= 0.6 is 15.9 Å². The van der Waals surface area contributed by atoms with Crippen LogP contribution in [0.2, 0.25) is 0 Å². The van der Waals surface area contributed by atoms with Crippen molar-refractivity contribution in [1.82, 2.24) is 0 Å². The van der Waals surface area contributed by atoms with Crippen molar-refractivity contribution in [3.63, 3.8) is 0 Å².